The lowest BCUT2D eigenvalue weighted by molar-refractivity contribution is -0.153. The number of esters is 1. The first-order valence-electron chi connectivity index (χ1n) is 8.80. The maximum absolute atomic E-state index is 11.7. The van der Waals surface area contributed by atoms with Gasteiger partial charge in [-0.05, 0) is 56.6 Å². The fourth-order valence-electron chi connectivity index (χ4n) is 1.87. The minimum absolute atomic E-state index is 0.170. The van der Waals surface area contributed by atoms with E-state index >= 15 is 0 Å². The lowest BCUT2D eigenvalue weighted by Crippen LogP contribution is -2.40. The monoisotopic (exact) mass is 366 g/mol. The lowest BCUT2D eigenvalue weighted by Gasteiger charge is -2.36. The van der Waals surface area contributed by atoms with Crippen molar-refractivity contribution in [3.05, 3.63) is 29.6 Å². The molecule has 0 radical (unpaired) electrons. The van der Waals surface area contributed by atoms with Crippen LogP contribution < -0.4 is 5.32 Å². The van der Waals surface area contributed by atoms with Crippen LogP contribution in [0.2, 0.25) is 18.1 Å². The molecular formula is C19H34N2O3Si. The fraction of sp³-hybridized carbons (Fsp3) is 0.684. The molecule has 6 heteroatoms. The smallest absolute Gasteiger partial charge is 0.320 e. The van der Waals surface area contributed by atoms with Crippen LogP contribution >= 0.6 is 0 Å². The van der Waals surface area contributed by atoms with Gasteiger partial charge in [0.05, 0.1) is 18.8 Å². The number of pyridine rings is 1. The summed E-state index contributed by atoms with van der Waals surface area (Å²) in [6.45, 7) is 18.1. The number of ether oxygens (including phenoxy) is 1. The van der Waals surface area contributed by atoms with Crippen LogP contribution in [-0.2, 0) is 27.1 Å². The molecule has 0 aliphatic heterocycles. The molecule has 142 valence electrons. The van der Waals surface area contributed by atoms with E-state index in [0.717, 1.165) is 11.3 Å². The Balaban J connectivity index is 2.52. The summed E-state index contributed by atoms with van der Waals surface area (Å²) < 4.78 is 11.5. The summed E-state index contributed by atoms with van der Waals surface area (Å²) in [6.07, 6.45) is 1.79. The third-order valence-corrected chi connectivity index (χ3v) is 8.76. The number of aromatic nitrogens is 1. The van der Waals surface area contributed by atoms with Gasteiger partial charge in [-0.3, -0.25) is 9.78 Å². The molecule has 0 saturated heterocycles. The third-order valence-electron chi connectivity index (χ3n) is 4.28. The average molecular weight is 367 g/mol. The second-order valence-corrected chi connectivity index (χ2v) is 13.7. The van der Waals surface area contributed by atoms with Gasteiger partial charge in [0, 0.05) is 12.7 Å². The maximum atomic E-state index is 11.7. The highest BCUT2D eigenvalue weighted by molar-refractivity contribution is 6.74. The van der Waals surface area contributed by atoms with Crippen LogP contribution in [0.5, 0.6) is 0 Å². The van der Waals surface area contributed by atoms with Crippen LogP contribution in [0.25, 0.3) is 0 Å². The second kappa shape index (κ2) is 8.43. The summed E-state index contributed by atoms with van der Waals surface area (Å²) in [5, 5.41) is 3.27. The topological polar surface area (TPSA) is 60.5 Å². The Labute approximate surface area is 153 Å². The molecule has 0 atom stereocenters. The van der Waals surface area contributed by atoms with Gasteiger partial charge in [0.1, 0.15) is 5.60 Å². The van der Waals surface area contributed by atoms with Crippen LogP contribution in [0.15, 0.2) is 18.3 Å². The summed E-state index contributed by atoms with van der Waals surface area (Å²) in [4.78, 5) is 16.0. The number of nitrogens with zero attached hydrogens (tertiary/aromatic N) is 1. The summed E-state index contributed by atoms with van der Waals surface area (Å²) in [6, 6.07) is 4.00. The Morgan fingerprint density at radius 3 is 2.40 bits per heavy atom. The largest absolute Gasteiger partial charge is 0.459 e. The lowest BCUT2D eigenvalue weighted by atomic mass is 10.2. The van der Waals surface area contributed by atoms with Gasteiger partial charge in [-0.25, -0.2) is 0 Å². The van der Waals surface area contributed by atoms with Gasteiger partial charge in [0.2, 0.25) is 0 Å². The Hall–Kier alpha value is -1.24. The SMILES string of the molecule is CC(C)(C)OC(=O)CNCc1cc(CO[Si](C)(C)C(C)(C)C)ccn1. The summed E-state index contributed by atoms with van der Waals surface area (Å²) in [5.74, 6) is -0.259. The van der Waals surface area contributed by atoms with Gasteiger partial charge in [-0.2, -0.15) is 0 Å². The van der Waals surface area contributed by atoms with E-state index in [2.05, 4.69) is 44.2 Å². The molecule has 0 saturated carbocycles. The molecule has 1 rings (SSSR count). The van der Waals surface area contributed by atoms with Crippen molar-refractivity contribution in [3.8, 4) is 0 Å². The highest BCUT2D eigenvalue weighted by atomic mass is 28.4. The van der Waals surface area contributed by atoms with Gasteiger partial charge < -0.3 is 14.5 Å². The van der Waals surface area contributed by atoms with Crippen molar-refractivity contribution in [2.75, 3.05) is 6.54 Å². The standard InChI is InChI=1S/C19H34N2O3Si/c1-18(2,3)24-17(22)13-20-12-16-11-15(9-10-21-16)14-23-25(7,8)19(4,5)6/h9-11,20H,12-14H2,1-8H3. The summed E-state index contributed by atoms with van der Waals surface area (Å²) in [5.41, 5.74) is 1.53. The normalized spacial score (nSPS) is 13.0. The highest BCUT2D eigenvalue weighted by Crippen LogP contribution is 2.37. The Kier molecular flexibility index (Phi) is 7.35. The number of carbonyl (C=O) groups excluding carboxylic acids is 1. The second-order valence-electron chi connectivity index (χ2n) is 8.89. The van der Waals surface area contributed by atoms with Gasteiger partial charge >= 0.3 is 5.97 Å². The molecule has 25 heavy (non-hydrogen) atoms. The first-order valence-corrected chi connectivity index (χ1v) is 11.7. The zero-order chi connectivity index (χ0) is 19.3. The zero-order valence-corrected chi connectivity index (χ0v) is 18.0. The van der Waals surface area contributed by atoms with Crippen LogP contribution in [0.1, 0.15) is 52.8 Å². The minimum Gasteiger partial charge on any atom is -0.459 e. The van der Waals surface area contributed by atoms with E-state index in [1.54, 1.807) is 6.20 Å². The van der Waals surface area contributed by atoms with E-state index in [1.807, 2.05) is 32.9 Å². The number of hydrogen-bond donors (Lipinski definition) is 1. The molecule has 1 aromatic heterocycles. The van der Waals surface area contributed by atoms with Crippen molar-refractivity contribution >= 4 is 14.3 Å². The van der Waals surface area contributed by atoms with E-state index in [0.29, 0.717) is 13.2 Å². The Morgan fingerprint density at radius 2 is 1.84 bits per heavy atom. The molecular weight excluding hydrogens is 332 g/mol. The molecule has 0 spiro atoms. The van der Waals surface area contributed by atoms with Gasteiger partial charge in [-0.1, -0.05) is 20.8 Å². The molecule has 0 fully saturated rings. The van der Waals surface area contributed by atoms with Crippen LogP contribution in [0.3, 0.4) is 0 Å². The summed E-state index contributed by atoms with van der Waals surface area (Å²) in [7, 11) is -1.77. The van der Waals surface area contributed by atoms with Crippen molar-refractivity contribution in [2.45, 2.75) is 78.4 Å². The van der Waals surface area contributed by atoms with Crippen LogP contribution in [0, 0.1) is 0 Å². The number of hydrogen-bond acceptors (Lipinski definition) is 5. The van der Waals surface area contributed by atoms with Crippen molar-refractivity contribution in [3.63, 3.8) is 0 Å². The molecule has 0 aliphatic carbocycles. The molecule has 1 aromatic rings. The Bertz CT molecular complexity index is 575. The van der Waals surface area contributed by atoms with Crippen molar-refractivity contribution in [1.29, 1.82) is 0 Å². The number of carbonyl (C=O) groups is 1. The van der Waals surface area contributed by atoms with Crippen molar-refractivity contribution < 1.29 is 14.0 Å². The molecule has 0 aromatic carbocycles. The highest BCUT2D eigenvalue weighted by Gasteiger charge is 2.37. The Morgan fingerprint density at radius 1 is 1.20 bits per heavy atom. The van der Waals surface area contributed by atoms with Gasteiger partial charge in [0.15, 0.2) is 8.32 Å². The van der Waals surface area contributed by atoms with E-state index in [-0.39, 0.29) is 17.6 Å². The predicted molar refractivity (Wildman–Crippen MR) is 104 cm³/mol. The number of nitrogens with one attached hydrogen (secondary N) is 1. The molecule has 0 amide bonds. The molecule has 0 bridgehead atoms. The van der Waals surface area contributed by atoms with Crippen molar-refractivity contribution in [1.82, 2.24) is 10.3 Å². The molecule has 0 unspecified atom stereocenters. The van der Waals surface area contributed by atoms with Crippen molar-refractivity contribution in [2.24, 2.45) is 0 Å². The van der Waals surface area contributed by atoms with Crippen LogP contribution in [0.4, 0.5) is 0 Å². The van der Waals surface area contributed by atoms with Crippen LogP contribution in [-0.4, -0.2) is 31.4 Å². The fourth-order valence-corrected chi connectivity index (χ4v) is 2.83. The van der Waals surface area contributed by atoms with E-state index in [9.17, 15) is 4.79 Å². The first-order chi connectivity index (χ1) is 11.3. The first kappa shape index (κ1) is 21.8. The number of rotatable bonds is 7. The van der Waals surface area contributed by atoms with E-state index in [4.69, 9.17) is 9.16 Å². The minimum atomic E-state index is -1.77. The summed E-state index contributed by atoms with van der Waals surface area (Å²) >= 11 is 0. The van der Waals surface area contributed by atoms with Gasteiger partial charge in [0.25, 0.3) is 0 Å². The average Bonchev–Trinajstić information content (AvgIpc) is 2.42. The predicted octanol–water partition coefficient (Wildman–Crippen LogP) is 4.03. The van der Waals surface area contributed by atoms with E-state index in [1.165, 1.54) is 0 Å². The molecule has 0 aliphatic rings. The molecule has 1 heterocycles. The van der Waals surface area contributed by atoms with E-state index < -0.39 is 13.9 Å². The third kappa shape index (κ3) is 8.12. The van der Waals surface area contributed by atoms with Gasteiger partial charge in [-0.15, -0.1) is 0 Å². The zero-order valence-electron chi connectivity index (χ0n) is 17.0. The quantitative estimate of drug-likeness (QED) is 0.583. The molecule has 1 N–H and O–H groups in total. The maximum Gasteiger partial charge on any atom is 0.320 e. The molecule has 5 nitrogen and oxygen atoms in total.